The highest BCUT2D eigenvalue weighted by molar-refractivity contribution is 6.31. The Bertz CT molecular complexity index is 937. The molecule has 1 aromatic carbocycles. The van der Waals surface area contributed by atoms with Crippen LogP contribution in [0.3, 0.4) is 0 Å². The maximum atomic E-state index is 6.29. The molecule has 3 heterocycles. The normalized spacial score (nSPS) is 20.3. The molecule has 3 aromatic rings. The number of aromatic nitrogens is 3. The van der Waals surface area contributed by atoms with Crippen molar-refractivity contribution >= 4 is 28.2 Å². The highest BCUT2D eigenvalue weighted by Gasteiger charge is 2.32. The van der Waals surface area contributed by atoms with Crippen LogP contribution in [0.25, 0.3) is 10.9 Å². The average Bonchev–Trinajstić information content (AvgIpc) is 3.17. The number of nitrogens with one attached hydrogen (secondary N) is 1. The molecule has 0 amide bonds. The van der Waals surface area contributed by atoms with Gasteiger partial charge in [-0.05, 0) is 44.0 Å². The molecule has 1 N–H and O–H groups in total. The molecule has 2 aromatic heterocycles. The summed E-state index contributed by atoms with van der Waals surface area (Å²) >= 11 is 6.29. The zero-order valence-electron chi connectivity index (χ0n) is 14.6. The lowest BCUT2D eigenvalue weighted by atomic mass is 10.1. The molecule has 0 bridgehead atoms. The van der Waals surface area contributed by atoms with Gasteiger partial charge in [-0.25, -0.2) is 4.98 Å². The van der Waals surface area contributed by atoms with Crippen molar-refractivity contribution in [2.75, 3.05) is 11.9 Å². The summed E-state index contributed by atoms with van der Waals surface area (Å²) in [6, 6.07) is 6.16. The van der Waals surface area contributed by atoms with Crippen molar-refractivity contribution in [1.82, 2.24) is 14.5 Å². The smallest absolute Gasteiger partial charge is 0.139 e. The van der Waals surface area contributed by atoms with E-state index >= 15 is 0 Å². The summed E-state index contributed by atoms with van der Waals surface area (Å²) in [6.07, 6.45) is 4.62. The number of nitrogens with zero attached hydrogens (tertiary/aromatic N) is 3. The molecule has 5 nitrogen and oxygen atoms in total. The van der Waals surface area contributed by atoms with Gasteiger partial charge >= 0.3 is 0 Å². The second-order valence-corrected chi connectivity index (χ2v) is 7.09. The number of aryl methyl sites for hydroxylation is 3. The van der Waals surface area contributed by atoms with Gasteiger partial charge in [0.15, 0.2) is 0 Å². The largest absolute Gasteiger partial charge is 0.379 e. The van der Waals surface area contributed by atoms with E-state index in [4.69, 9.17) is 16.3 Å². The molecule has 6 heteroatoms. The minimum atomic E-state index is -0.0659. The SMILES string of the molecule is Cc1cc(N[C@H]2CCO[C@@H]2c2nccn2C)c2cc(Cl)cc(C)c2n1. The van der Waals surface area contributed by atoms with E-state index in [-0.39, 0.29) is 12.1 Å². The van der Waals surface area contributed by atoms with Crippen molar-refractivity contribution in [3.63, 3.8) is 0 Å². The van der Waals surface area contributed by atoms with E-state index in [9.17, 15) is 0 Å². The molecule has 130 valence electrons. The van der Waals surface area contributed by atoms with Crippen LogP contribution in [-0.2, 0) is 11.8 Å². The Hall–Kier alpha value is -2.11. The molecular formula is C19H21ClN4O. The second kappa shape index (κ2) is 6.32. The molecule has 1 aliphatic heterocycles. The topological polar surface area (TPSA) is 52.0 Å². The number of imidazole rings is 1. The zero-order chi connectivity index (χ0) is 17.6. The quantitative estimate of drug-likeness (QED) is 0.764. The van der Waals surface area contributed by atoms with E-state index in [1.54, 1.807) is 0 Å². The lowest BCUT2D eigenvalue weighted by molar-refractivity contribution is 0.0984. The highest BCUT2D eigenvalue weighted by Crippen LogP contribution is 2.34. The number of halogens is 1. The number of benzene rings is 1. The van der Waals surface area contributed by atoms with Crippen LogP contribution in [0.2, 0.25) is 5.02 Å². The zero-order valence-corrected chi connectivity index (χ0v) is 15.3. The van der Waals surface area contributed by atoms with Gasteiger partial charge in [-0.2, -0.15) is 0 Å². The van der Waals surface area contributed by atoms with Gasteiger partial charge in [0.1, 0.15) is 11.9 Å². The predicted molar refractivity (Wildman–Crippen MR) is 100 cm³/mol. The van der Waals surface area contributed by atoms with Crippen molar-refractivity contribution in [2.45, 2.75) is 32.4 Å². The molecule has 0 unspecified atom stereocenters. The van der Waals surface area contributed by atoms with Gasteiger partial charge in [0.05, 0.1) is 11.6 Å². The molecule has 1 saturated heterocycles. The van der Waals surface area contributed by atoms with Crippen LogP contribution in [0.15, 0.2) is 30.6 Å². The summed E-state index contributed by atoms with van der Waals surface area (Å²) in [6.45, 7) is 4.77. The van der Waals surface area contributed by atoms with E-state index in [1.807, 2.05) is 50.0 Å². The first-order valence-corrected chi connectivity index (χ1v) is 8.83. The molecule has 1 aliphatic rings. The number of ether oxygens (including phenoxy) is 1. The number of hydrogen-bond acceptors (Lipinski definition) is 4. The number of fused-ring (bicyclic) bond motifs is 1. The fourth-order valence-electron chi connectivity index (χ4n) is 3.55. The Morgan fingerprint density at radius 1 is 1.28 bits per heavy atom. The maximum Gasteiger partial charge on any atom is 0.139 e. The number of hydrogen-bond donors (Lipinski definition) is 1. The Kier molecular flexibility index (Phi) is 4.13. The first-order valence-electron chi connectivity index (χ1n) is 8.46. The lowest BCUT2D eigenvalue weighted by Crippen LogP contribution is -2.25. The summed E-state index contributed by atoms with van der Waals surface area (Å²) in [7, 11) is 2.00. The summed E-state index contributed by atoms with van der Waals surface area (Å²) < 4.78 is 7.98. The fraction of sp³-hybridized carbons (Fsp3) is 0.368. The van der Waals surface area contributed by atoms with E-state index < -0.39 is 0 Å². The summed E-state index contributed by atoms with van der Waals surface area (Å²) in [4.78, 5) is 9.15. The van der Waals surface area contributed by atoms with Crippen LogP contribution >= 0.6 is 11.6 Å². The first-order chi connectivity index (χ1) is 12.0. The van der Waals surface area contributed by atoms with Crippen LogP contribution in [0.4, 0.5) is 5.69 Å². The highest BCUT2D eigenvalue weighted by atomic mass is 35.5. The molecule has 2 atom stereocenters. The predicted octanol–water partition coefficient (Wildman–Crippen LogP) is 4.18. The van der Waals surface area contributed by atoms with Crippen molar-refractivity contribution < 1.29 is 4.74 Å². The number of anilines is 1. The third-order valence-corrected chi connectivity index (χ3v) is 4.96. The second-order valence-electron chi connectivity index (χ2n) is 6.66. The minimum absolute atomic E-state index is 0.0659. The molecule has 1 fully saturated rings. The monoisotopic (exact) mass is 356 g/mol. The van der Waals surface area contributed by atoms with Crippen LogP contribution in [0, 0.1) is 13.8 Å². The Balaban J connectivity index is 1.74. The third-order valence-electron chi connectivity index (χ3n) is 4.74. The van der Waals surface area contributed by atoms with Gasteiger partial charge in [0, 0.05) is 47.8 Å². The number of pyridine rings is 1. The molecule has 4 rings (SSSR count). The molecule has 0 radical (unpaired) electrons. The van der Waals surface area contributed by atoms with Crippen molar-refractivity contribution in [1.29, 1.82) is 0 Å². The summed E-state index contributed by atoms with van der Waals surface area (Å²) in [5.41, 5.74) is 4.09. The van der Waals surface area contributed by atoms with Crippen LogP contribution < -0.4 is 5.32 Å². The van der Waals surface area contributed by atoms with Gasteiger partial charge < -0.3 is 14.6 Å². The van der Waals surface area contributed by atoms with E-state index in [1.165, 1.54) is 0 Å². The summed E-state index contributed by atoms with van der Waals surface area (Å²) in [5.74, 6) is 0.944. The van der Waals surface area contributed by atoms with Crippen molar-refractivity contribution in [2.24, 2.45) is 7.05 Å². The molecule has 0 spiro atoms. The first kappa shape index (κ1) is 16.4. The fourth-order valence-corrected chi connectivity index (χ4v) is 3.82. The molecule has 0 saturated carbocycles. The van der Waals surface area contributed by atoms with Gasteiger partial charge in [0.2, 0.25) is 0 Å². The average molecular weight is 357 g/mol. The lowest BCUT2D eigenvalue weighted by Gasteiger charge is -2.22. The maximum absolute atomic E-state index is 6.29. The van der Waals surface area contributed by atoms with Gasteiger partial charge in [-0.3, -0.25) is 4.98 Å². The number of rotatable bonds is 3. The van der Waals surface area contributed by atoms with Gasteiger partial charge in [0.25, 0.3) is 0 Å². The van der Waals surface area contributed by atoms with Crippen LogP contribution in [0.5, 0.6) is 0 Å². The third kappa shape index (κ3) is 2.98. The minimum Gasteiger partial charge on any atom is -0.379 e. The molecule has 25 heavy (non-hydrogen) atoms. The Morgan fingerprint density at radius 2 is 2.12 bits per heavy atom. The van der Waals surface area contributed by atoms with Gasteiger partial charge in [-0.15, -0.1) is 0 Å². The Morgan fingerprint density at radius 3 is 2.88 bits per heavy atom. The van der Waals surface area contributed by atoms with Gasteiger partial charge in [-0.1, -0.05) is 11.6 Å². The molecule has 0 aliphatic carbocycles. The van der Waals surface area contributed by atoms with E-state index in [0.717, 1.165) is 51.7 Å². The van der Waals surface area contributed by atoms with E-state index in [2.05, 4.69) is 21.4 Å². The van der Waals surface area contributed by atoms with Crippen LogP contribution in [-0.4, -0.2) is 27.2 Å². The van der Waals surface area contributed by atoms with Crippen LogP contribution in [0.1, 0.15) is 29.6 Å². The van der Waals surface area contributed by atoms with Crippen molar-refractivity contribution in [3.05, 3.63) is 52.7 Å². The molecular weight excluding hydrogens is 336 g/mol. The van der Waals surface area contributed by atoms with E-state index in [0.29, 0.717) is 0 Å². The summed E-state index contributed by atoms with van der Waals surface area (Å²) in [5, 5.41) is 5.43. The Labute approximate surface area is 152 Å². The standard InChI is InChI=1S/C19H21ClN4O/c1-11-8-13(20)10-14-16(9-12(2)22-17(11)14)23-15-4-7-25-18(15)19-21-5-6-24(19)3/h5-6,8-10,15,18H,4,7H2,1-3H3,(H,22,23)/t15-,18-/m0/s1. The van der Waals surface area contributed by atoms with Crippen molar-refractivity contribution in [3.8, 4) is 0 Å².